The van der Waals surface area contributed by atoms with Crippen molar-refractivity contribution in [2.75, 3.05) is 0 Å². The Morgan fingerprint density at radius 2 is 1.92 bits per heavy atom. The molecule has 0 unspecified atom stereocenters. The van der Waals surface area contributed by atoms with E-state index >= 15 is 0 Å². The molecule has 1 saturated carbocycles. The molecule has 1 N–H and O–H groups in total. The van der Waals surface area contributed by atoms with Crippen LogP contribution >= 0.6 is 0 Å². The summed E-state index contributed by atoms with van der Waals surface area (Å²) >= 11 is 0. The number of hydrogen-bond acceptors (Lipinski definition) is 1. The molecule has 0 heterocycles. The van der Waals surface area contributed by atoms with E-state index in [9.17, 15) is 5.11 Å². The Hall–Kier alpha value is -0.0400. The highest BCUT2D eigenvalue weighted by Gasteiger charge is 2.38. The first-order chi connectivity index (χ1) is 5.43. The molecule has 1 aliphatic rings. The SMILES string of the molecule is CC(C)[C@@H]1CC[C@@H](C)C[C@]1(C)O. The topological polar surface area (TPSA) is 20.2 Å². The smallest absolute Gasteiger partial charge is 0.0652 e. The largest absolute Gasteiger partial charge is 0.390 e. The summed E-state index contributed by atoms with van der Waals surface area (Å²) in [6.07, 6.45) is 3.47. The molecule has 0 saturated heterocycles. The van der Waals surface area contributed by atoms with Crippen LogP contribution in [0.1, 0.15) is 47.0 Å². The predicted molar refractivity (Wildman–Crippen MR) is 52.0 cm³/mol. The fourth-order valence-electron chi connectivity index (χ4n) is 2.79. The third-order valence-electron chi connectivity index (χ3n) is 3.34. The van der Waals surface area contributed by atoms with Gasteiger partial charge in [-0.15, -0.1) is 0 Å². The molecule has 0 aromatic rings. The van der Waals surface area contributed by atoms with Crippen molar-refractivity contribution < 1.29 is 5.11 Å². The van der Waals surface area contributed by atoms with Crippen LogP contribution in [0.5, 0.6) is 0 Å². The van der Waals surface area contributed by atoms with E-state index < -0.39 is 5.60 Å². The molecule has 1 fully saturated rings. The maximum absolute atomic E-state index is 10.2. The predicted octanol–water partition coefficient (Wildman–Crippen LogP) is 2.83. The van der Waals surface area contributed by atoms with Gasteiger partial charge in [-0.05, 0) is 37.5 Å². The van der Waals surface area contributed by atoms with Gasteiger partial charge in [-0.2, -0.15) is 0 Å². The van der Waals surface area contributed by atoms with Crippen molar-refractivity contribution in [2.45, 2.75) is 52.6 Å². The minimum Gasteiger partial charge on any atom is -0.390 e. The van der Waals surface area contributed by atoms with Gasteiger partial charge in [0.05, 0.1) is 5.60 Å². The zero-order valence-electron chi connectivity index (χ0n) is 8.80. The molecular formula is C11H22O. The summed E-state index contributed by atoms with van der Waals surface area (Å²) in [6.45, 7) is 8.68. The molecule has 0 radical (unpaired) electrons. The van der Waals surface area contributed by atoms with E-state index in [1.165, 1.54) is 12.8 Å². The van der Waals surface area contributed by atoms with Crippen LogP contribution in [-0.4, -0.2) is 10.7 Å². The monoisotopic (exact) mass is 170 g/mol. The third kappa shape index (κ3) is 2.01. The highest BCUT2D eigenvalue weighted by Crippen LogP contribution is 2.40. The molecule has 72 valence electrons. The molecule has 0 aromatic heterocycles. The van der Waals surface area contributed by atoms with Gasteiger partial charge in [0, 0.05) is 0 Å². The summed E-state index contributed by atoms with van der Waals surface area (Å²) in [7, 11) is 0. The molecule has 1 rings (SSSR count). The Bertz CT molecular complexity index is 149. The lowest BCUT2D eigenvalue weighted by molar-refractivity contribution is -0.0649. The lowest BCUT2D eigenvalue weighted by Gasteiger charge is -2.42. The van der Waals surface area contributed by atoms with Crippen LogP contribution in [-0.2, 0) is 0 Å². The van der Waals surface area contributed by atoms with Gasteiger partial charge in [-0.3, -0.25) is 0 Å². The first-order valence-electron chi connectivity index (χ1n) is 5.16. The molecule has 0 amide bonds. The summed E-state index contributed by atoms with van der Waals surface area (Å²) in [5, 5.41) is 10.2. The average molecular weight is 170 g/mol. The molecule has 1 heteroatoms. The van der Waals surface area contributed by atoms with Crippen LogP contribution in [0.3, 0.4) is 0 Å². The fraction of sp³-hybridized carbons (Fsp3) is 1.00. The number of hydrogen-bond donors (Lipinski definition) is 1. The van der Waals surface area contributed by atoms with Crippen molar-refractivity contribution in [3.63, 3.8) is 0 Å². The van der Waals surface area contributed by atoms with E-state index in [4.69, 9.17) is 0 Å². The maximum atomic E-state index is 10.2. The third-order valence-corrected chi connectivity index (χ3v) is 3.34. The maximum Gasteiger partial charge on any atom is 0.0652 e. The number of aliphatic hydroxyl groups is 1. The summed E-state index contributed by atoms with van der Waals surface area (Å²) in [6, 6.07) is 0. The van der Waals surface area contributed by atoms with E-state index in [0.717, 1.165) is 6.42 Å². The second kappa shape index (κ2) is 3.37. The van der Waals surface area contributed by atoms with Gasteiger partial charge in [-0.25, -0.2) is 0 Å². The van der Waals surface area contributed by atoms with Crippen molar-refractivity contribution in [2.24, 2.45) is 17.8 Å². The van der Waals surface area contributed by atoms with Crippen LogP contribution < -0.4 is 0 Å². The molecule has 0 spiro atoms. The first kappa shape index (κ1) is 10.0. The highest BCUT2D eigenvalue weighted by molar-refractivity contribution is 4.89. The molecule has 3 atom stereocenters. The van der Waals surface area contributed by atoms with Gasteiger partial charge in [0.15, 0.2) is 0 Å². The summed E-state index contributed by atoms with van der Waals surface area (Å²) in [5.41, 5.74) is -0.411. The van der Waals surface area contributed by atoms with Crippen molar-refractivity contribution in [1.29, 1.82) is 0 Å². The highest BCUT2D eigenvalue weighted by atomic mass is 16.3. The molecule has 0 bridgehead atoms. The second-order valence-corrected chi connectivity index (χ2v) is 5.09. The molecule has 12 heavy (non-hydrogen) atoms. The normalized spacial score (nSPS) is 43.5. The fourth-order valence-corrected chi connectivity index (χ4v) is 2.79. The van der Waals surface area contributed by atoms with Gasteiger partial charge in [0.2, 0.25) is 0 Å². The molecule has 0 aromatic carbocycles. The van der Waals surface area contributed by atoms with E-state index in [0.29, 0.717) is 17.8 Å². The van der Waals surface area contributed by atoms with E-state index in [1.54, 1.807) is 0 Å². The molecule has 1 nitrogen and oxygen atoms in total. The Balaban J connectivity index is 2.64. The lowest BCUT2D eigenvalue weighted by atomic mass is 9.68. The van der Waals surface area contributed by atoms with Crippen molar-refractivity contribution in [3.8, 4) is 0 Å². The van der Waals surface area contributed by atoms with E-state index in [2.05, 4.69) is 20.8 Å². The van der Waals surface area contributed by atoms with Gasteiger partial charge < -0.3 is 5.11 Å². The van der Waals surface area contributed by atoms with Crippen molar-refractivity contribution >= 4 is 0 Å². The Kier molecular flexibility index (Phi) is 2.82. The van der Waals surface area contributed by atoms with Crippen molar-refractivity contribution in [3.05, 3.63) is 0 Å². The van der Waals surface area contributed by atoms with Crippen LogP contribution in [0.25, 0.3) is 0 Å². The van der Waals surface area contributed by atoms with Crippen LogP contribution in [0.15, 0.2) is 0 Å². The molecular weight excluding hydrogens is 148 g/mol. The van der Waals surface area contributed by atoms with Crippen LogP contribution in [0, 0.1) is 17.8 Å². The van der Waals surface area contributed by atoms with Crippen LogP contribution in [0.4, 0.5) is 0 Å². The van der Waals surface area contributed by atoms with Gasteiger partial charge in [0.1, 0.15) is 0 Å². The minimum absolute atomic E-state index is 0.411. The summed E-state index contributed by atoms with van der Waals surface area (Å²) in [4.78, 5) is 0. The van der Waals surface area contributed by atoms with E-state index in [1.807, 2.05) is 6.92 Å². The zero-order chi connectivity index (χ0) is 9.35. The van der Waals surface area contributed by atoms with Crippen molar-refractivity contribution in [1.82, 2.24) is 0 Å². The Morgan fingerprint density at radius 1 is 1.33 bits per heavy atom. The van der Waals surface area contributed by atoms with E-state index in [-0.39, 0.29) is 0 Å². The molecule has 1 aliphatic carbocycles. The minimum atomic E-state index is -0.411. The zero-order valence-corrected chi connectivity index (χ0v) is 8.80. The Morgan fingerprint density at radius 3 is 2.33 bits per heavy atom. The lowest BCUT2D eigenvalue weighted by Crippen LogP contribution is -2.42. The van der Waals surface area contributed by atoms with Crippen LogP contribution in [0.2, 0.25) is 0 Å². The van der Waals surface area contributed by atoms with Gasteiger partial charge in [0.25, 0.3) is 0 Å². The summed E-state index contributed by atoms with van der Waals surface area (Å²) in [5.74, 6) is 1.83. The standard InChI is InChI=1S/C11H22O/c1-8(2)10-6-5-9(3)7-11(10,4)12/h8-10,12H,5-7H2,1-4H3/t9-,10+,11+/m1/s1. The average Bonchev–Trinajstić information content (AvgIpc) is 1.82. The molecule has 0 aliphatic heterocycles. The van der Waals surface area contributed by atoms with Gasteiger partial charge in [-0.1, -0.05) is 27.2 Å². The second-order valence-electron chi connectivity index (χ2n) is 5.09. The number of rotatable bonds is 1. The summed E-state index contributed by atoms with van der Waals surface area (Å²) < 4.78 is 0. The first-order valence-corrected chi connectivity index (χ1v) is 5.16. The Labute approximate surface area is 76.2 Å². The van der Waals surface area contributed by atoms with Gasteiger partial charge >= 0.3 is 0 Å². The quantitative estimate of drug-likeness (QED) is 0.641.